The third-order valence-corrected chi connectivity index (χ3v) is 2.65. The van der Waals surface area contributed by atoms with Crippen LogP contribution in [0.3, 0.4) is 0 Å². The van der Waals surface area contributed by atoms with Crippen molar-refractivity contribution in [3.63, 3.8) is 0 Å². The van der Waals surface area contributed by atoms with Gasteiger partial charge >= 0.3 is 0 Å². The Morgan fingerprint density at radius 1 is 1.44 bits per heavy atom. The highest BCUT2D eigenvalue weighted by molar-refractivity contribution is 6.32. The molecule has 0 unspecified atom stereocenters. The van der Waals surface area contributed by atoms with Crippen LogP contribution in [0.5, 0.6) is 0 Å². The van der Waals surface area contributed by atoms with Gasteiger partial charge in [0.2, 0.25) is 0 Å². The van der Waals surface area contributed by atoms with Crippen LogP contribution in [0.15, 0.2) is 36.9 Å². The lowest BCUT2D eigenvalue weighted by molar-refractivity contribution is -0.107. The molecule has 4 heteroatoms. The van der Waals surface area contributed by atoms with Crippen molar-refractivity contribution in [2.24, 2.45) is 0 Å². The largest absolute Gasteiger partial charge is 0.305 e. The zero-order valence-electron chi connectivity index (χ0n) is 8.64. The first kappa shape index (κ1) is 10.9. The van der Waals surface area contributed by atoms with Crippen LogP contribution in [0.4, 0.5) is 0 Å². The summed E-state index contributed by atoms with van der Waals surface area (Å²) >= 11 is 6.16. The van der Waals surface area contributed by atoms with Crippen LogP contribution in [-0.2, 0) is 11.2 Å². The van der Waals surface area contributed by atoms with E-state index < -0.39 is 0 Å². The molecule has 1 aromatic heterocycles. The quantitative estimate of drug-likeness (QED) is 0.763. The van der Waals surface area contributed by atoms with Gasteiger partial charge in [-0.25, -0.2) is 4.98 Å². The van der Waals surface area contributed by atoms with Crippen LogP contribution in [0.2, 0.25) is 5.02 Å². The van der Waals surface area contributed by atoms with Crippen molar-refractivity contribution in [2.75, 3.05) is 0 Å². The zero-order chi connectivity index (χ0) is 11.4. The van der Waals surface area contributed by atoms with E-state index in [1.54, 1.807) is 12.5 Å². The van der Waals surface area contributed by atoms with Crippen molar-refractivity contribution in [3.8, 4) is 5.69 Å². The Bertz CT molecular complexity index is 480. The van der Waals surface area contributed by atoms with Crippen LogP contribution in [-0.4, -0.2) is 15.8 Å². The number of aldehydes is 1. The summed E-state index contributed by atoms with van der Waals surface area (Å²) in [5.74, 6) is 0. The highest BCUT2D eigenvalue weighted by Gasteiger charge is 2.03. The molecular weight excluding hydrogens is 224 g/mol. The standard InChI is InChI=1S/C12H11ClN2O/c13-11-8-10(2-1-7-16)3-4-12(11)15-6-5-14-9-15/h3-9H,1-2H2. The molecule has 0 aliphatic heterocycles. The number of carbonyl (C=O) groups is 1. The molecule has 0 saturated heterocycles. The molecule has 0 bridgehead atoms. The summed E-state index contributed by atoms with van der Waals surface area (Å²) in [7, 11) is 0. The normalized spacial score (nSPS) is 10.3. The number of hydrogen-bond acceptors (Lipinski definition) is 2. The first-order valence-electron chi connectivity index (χ1n) is 5.01. The maximum Gasteiger partial charge on any atom is 0.120 e. The molecule has 2 aromatic rings. The van der Waals surface area contributed by atoms with Gasteiger partial charge in [-0.1, -0.05) is 17.7 Å². The number of benzene rings is 1. The number of hydrogen-bond donors (Lipinski definition) is 0. The lowest BCUT2D eigenvalue weighted by atomic mass is 10.1. The maximum absolute atomic E-state index is 10.3. The molecule has 0 fully saturated rings. The van der Waals surface area contributed by atoms with Crippen LogP contribution >= 0.6 is 11.6 Å². The molecule has 82 valence electrons. The third kappa shape index (κ3) is 2.31. The van der Waals surface area contributed by atoms with E-state index in [1.807, 2.05) is 29.0 Å². The Labute approximate surface area is 98.7 Å². The summed E-state index contributed by atoms with van der Waals surface area (Å²) in [6.45, 7) is 0. The van der Waals surface area contributed by atoms with Gasteiger partial charge in [0.1, 0.15) is 6.29 Å². The third-order valence-electron chi connectivity index (χ3n) is 2.35. The van der Waals surface area contributed by atoms with Gasteiger partial charge in [-0.05, 0) is 24.1 Å². The Balaban J connectivity index is 2.26. The first-order chi connectivity index (χ1) is 7.81. The van der Waals surface area contributed by atoms with Crippen LogP contribution in [0.25, 0.3) is 5.69 Å². The molecule has 0 N–H and O–H groups in total. The molecule has 0 radical (unpaired) electrons. The molecule has 0 aliphatic carbocycles. The fourth-order valence-electron chi connectivity index (χ4n) is 1.54. The maximum atomic E-state index is 10.3. The number of carbonyl (C=O) groups excluding carboxylic acids is 1. The SMILES string of the molecule is O=CCCc1ccc(-n2ccnc2)c(Cl)c1. The van der Waals surface area contributed by atoms with Crippen molar-refractivity contribution >= 4 is 17.9 Å². The number of aryl methyl sites for hydroxylation is 1. The fourth-order valence-corrected chi connectivity index (χ4v) is 1.84. The molecule has 0 atom stereocenters. The van der Waals surface area contributed by atoms with Crippen molar-refractivity contribution in [1.82, 2.24) is 9.55 Å². The van der Waals surface area contributed by atoms with E-state index in [-0.39, 0.29) is 0 Å². The Hall–Kier alpha value is -1.61. The summed E-state index contributed by atoms with van der Waals surface area (Å²) < 4.78 is 1.85. The number of nitrogens with zero attached hydrogens (tertiary/aromatic N) is 2. The monoisotopic (exact) mass is 234 g/mol. The second kappa shape index (κ2) is 4.94. The van der Waals surface area contributed by atoms with Crippen molar-refractivity contribution in [1.29, 1.82) is 0 Å². The summed E-state index contributed by atoms with van der Waals surface area (Å²) in [6, 6.07) is 5.80. The minimum atomic E-state index is 0.529. The van der Waals surface area contributed by atoms with Gasteiger partial charge in [0.25, 0.3) is 0 Å². The lowest BCUT2D eigenvalue weighted by Gasteiger charge is -2.06. The van der Waals surface area contributed by atoms with E-state index >= 15 is 0 Å². The smallest absolute Gasteiger partial charge is 0.120 e. The van der Waals surface area contributed by atoms with E-state index in [4.69, 9.17) is 11.6 Å². The van der Waals surface area contributed by atoms with Gasteiger partial charge in [0.15, 0.2) is 0 Å². The first-order valence-corrected chi connectivity index (χ1v) is 5.39. The Morgan fingerprint density at radius 2 is 2.31 bits per heavy atom. The Kier molecular flexibility index (Phi) is 3.37. The molecule has 1 aromatic carbocycles. The summed E-state index contributed by atoms with van der Waals surface area (Å²) in [4.78, 5) is 14.2. The average Bonchev–Trinajstić information content (AvgIpc) is 2.80. The van der Waals surface area contributed by atoms with E-state index in [0.717, 1.165) is 24.0 Å². The molecule has 3 nitrogen and oxygen atoms in total. The number of halogens is 1. The van der Waals surface area contributed by atoms with Crippen LogP contribution in [0, 0.1) is 0 Å². The molecule has 16 heavy (non-hydrogen) atoms. The summed E-state index contributed by atoms with van der Waals surface area (Å²) in [5.41, 5.74) is 1.97. The van der Waals surface area contributed by atoms with Crippen molar-refractivity contribution in [3.05, 3.63) is 47.5 Å². The number of aromatic nitrogens is 2. The van der Waals surface area contributed by atoms with E-state index in [0.29, 0.717) is 11.4 Å². The van der Waals surface area contributed by atoms with Crippen molar-refractivity contribution in [2.45, 2.75) is 12.8 Å². The molecule has 0 amide bonds. The molecule has 0 spiro atoms. The fraction of sp³-hybridized carbons (Fsp3) is 0.167. The second-order valence-corrected chi connectivity index (χ2v) is 3.87. The Morgan fingerprint density at radius 3 is 2.94 bits per heavy atom. The van der Waals surface area contributed by atoms with Gasteiger partial charge in [-0.3, -0.25) is 0 Å². The van der Waals surface area contributed by atoms with Gasteiger partial charge < -0.3 is 9.36 Å². The topological polar surface area (TPSA) is 34.9 Å². The summed E-state index contributed by atoms with van der Waals surface area (Å²) in [6.07, 6.45) is 7.42. The van der Waals surface area contributed by atoms with Crippen molar-refractivity contribution < 1.29 is 4.79 Å². The highest BCUT2D eigenvalue weighted by Crippen LogP contribution is 2.22. The molecule has 2 rings (SSSR count). The highest BCUT2D eigenvalue weighted by atomic mass is 35.5. The molecule has 0 saturated carbocycles. The minimum absolute atomic E-state index is 0.529. The van der Waals surface area contributed by atoms with Gasteiger partial charge in [-0.2, -0.15) is 0 Å². The number of imidazole rings is 1. The van der Waals surface area contributed by atoms with Crippen LogP contribution < -0.4 is 0 Å². The van der Waals surface area contributed by atoms with E-state index in [2.05, 4.69) is 4.98 Å². The predicted octanol–water partition coefficient (Wildman–Crippen LogP) is 2.66. The molecule has 0 aliphatic rings. The van der Waals surface area contributed by atoms with E-state index in [1.165, 1.54) is 0 Å². The minimum Gasteiger partial charge on any atom is -0.305 e. The average molecular weight is 235 g/mol. The second-order valence-electron chi connectivity index (χ2n) is 3.46. The lowest BCUT2D eigenvalue weighted by Crippen LogP contribution is -1.93. The molecule has 1 heterocycles. The zero-order valence-corrected chi connectivity index (χ0v) is 9.39. The van der Waals surface area contributed by atoms with E-state index in [9.17, 15) is 4.79 Å². The number of rotatable bonds is 4. The van der Waals surface area contributed by atoms with Gasteiger partial charge in [0, 0.05) is 18.8 Å². The van der Waals surface area contributed by atoms with Crippen LogP contribution in [0.1, 0.15) is 12.0 Å². The van der Waals surface area contributed by atoms with Gasteiger partial charge in [-0.15, -0.1) is 0 Å². The predicted molar refractivity (Wildman–Crippen MR) is 63.0 cm³/mol. The summed E-state index contributed by atoms with van der Waals surface area (Å²) in [5, 5.41) is 0.668. The molecular formula is C12H11ClN2O. The van der Waals surface area contributed by atoms with Gasteiger partial charge in [0.05, 0.1) is 17.0 Å².